The highest BCUT2D eigenvalue weighted by atomic mass is 16.6. The molecule has 0 aromatic heterocycles. The van der Waals surface area contributed by atoms with E-state index in [9.17, 15) is 9.90 Å². The number of rotatable bonds is 5. The van der Waals surface area contributed by atoms with Crippen molar-refractivity contribution >= 4 is 5.97 Å². The van der Waals surface area contributed by atoms with Gasteiger partial charge in [-0.2, -0.15) is 0 Å². The minimum atomic E-state index is -0.406. The maximum Gasteiger partial charge on any atom is 0.311 e. The summed E-state index contributed by atoms with van der Waals surface area (Å²) in [4.78, 5) is 11.4. The second kappa shape index (κ2) is 6.65. The summed E-state index contributed by atoms with van der Waals surface area (Å²) < 4.78 is 15.9. The number of phenolic OH excluding ortho intramolecular Hbond substituents is 1. The van der Waals surface area contributed by atoms with Crippen molar-refractivity contribution in [2.45, 2.75) is 13.3 Å². The van der Waals surface area contributed by atoms with Crippen molar-refractivity contribution in [3.05, 3.63) is 42.5 Å². The van der Waals surface area contributed by atoms with Crippen LogP contribution < -0.4 is 14.2 Å². The first-order valence-corrected chi connectivity index (χ1v) is 6.48. The molecule has 1 N–H and O–H groups in total. The molecule has 0 unspecified atom stereocenters. The van der Waals surface area contributed by atoms with E-state index in [1.54, 1.807) is 50.4 Å². The molecule has 21 heavy (non-hydrogen) atoms. The number of esters is 1. The third-order valence-corrected chi connectivity index (χ3v) is 2.73. The van der Waals surface area contributed by atoms with Crippen molar-refractivity contribution in [3.63, 3.8) is 0 Å². The van der Waals surface area contributed by atoms with Gasteiger partial charge in [-0.15, -0.1) is 0 Å². The number of methoxy groups -OCH3 is 1. The zero-order valence-corrected chi connectivity index (χ0v) is 11.8. The maximum absolute atomic E-state index is 11.4. The summed E-state index contributed by atoms with van der Waals surface area (Å²) in [5.74, 6) is 0.826. The fourth-order valence-electron chi connectivity index (χ4n) is 1.66. The van der Waals surface area contributed by atoms with Crippen molar-refractivity contribution in [1.29, 1.82) is 0 Å². The molecule has 5 nitrogen and oxygen atoms in total. The Balaban J connectivity index is 2.31. The van der Waals surface area contributed by atoms with Gasteiger partial charge in [0, 0.05) is 12.5 Å². The first-order valence-electron chi connectivity index (χ1n) is 6.48. The molecule has 0 spiro atoms. The van der Waals surface area contributed by atoms with E-state index < -0.39 is 5.97 Å². The molecule has 2 rings (SSSR count). The number of hydrogen-bond donors (Lipinski definition) is 1. The Kier molecular flexibility index (Phi) is 4.66. The molecule has 2 aromatic rings. The topological polar surface area (TPSA) is 65.0 Å². The summed E-state index contributed by atoms with van der Waals surface area (Å²) in [6, 6.07) is 11.5. The number of carbonyl (C=O) groups excluding carboxylic acids is 1. The van der Waals surface area contributed by atoms with Gasteiger partial charge in [0.05, 0.1) is 7.11 Å². The van der Waals surface area contributed by atoms with E-state index in [-0.39, 0.29) is 23.7 Å². The summed E-state index contributed by atoms with van der Waals surface area (Å²) in [6.45, 7) is 1.69. The lowest BCUT2D eigenvalue weighted by Gasteiger charge is -2.13. The van der Waals surface area contributed by atoms with Crippen LogP contribution in [0.2, 0.25) is 0 Å². The first-order chi connectivity index (χ1) is 10.1. The quantitative estimate of drug-likeness (QED) is 0.673. The number of carbonyl (C=O) groups is 1. The number of ether oxygens (including phenoxy) is 3. The zero-order valence-electron chi connectivity index (χ0n) is 11.8. The minimum Gasteiger partial charge on any atom is -0.504 e. The van der Waals surface area contributed by atoms with Gasteiger partial charge in [-0.05, 0) is 24.3 Å². The van der Waals surface area contributed by atoms with Crippen LogP contribution in [0.4, 0.5) is 0 Å². The second-order valence-corrected chi connectivity index (χ2v) is 4.21. The third-order valence-electron chi connectivity index (χ3n) is 2.73. The predicted octanol–water partition coefficient (Wildman–Crippen LogP) is 3.51. The van der Waals surface area contributed by atoms with Gasteiger partial charge in [0.25, 0.3) is 0 Å². The Bertz CT molecular complexity index is 636. The SMILES string of the molecule is CCC(=O)Oc1cccc(O)c1Oc1cccc(OC)c1. The Morgan fingerprint density at radius 1 is 1.14 bits per heavy atom. The summed E-state index contributed by atoms with van der Waals surface area (Å²) in [7, 11) is 1.55. The lowest BCUT2D eigenvalue weighted by molar-refractivity contribution is -0.134. The van der Waals surface area contributed by atoms with Gasteiger partial charge >= 0.3 is 5.97 Å². The van der Waals surface area contributed by atoms with Crippen molar-refractivity contribution < 1.29 is 24.1 Å². The average molecular weight is 288 g/mol. The van der Waals surface area contributed by atoms with Crippen LogP contribution in [0.3, 0.4) is 0 Å². The van der Waals surface area contributed by atoms with Crippen molar-refractivity contribution in [1.82, 2.24) is 0 Å². The van der Waals surface area contributed by atoms with Crippen molar-refractivity contribution in [2.75, 3.05) is 7.11 Å². The van der Waals surface area contributed by atoms with Crippen LogP contribution in [0.5, 0.6) is 28.7 Å². The summed E-state index contributed by atoms with van der Waals surface area (Å²) >= 11 is 0. The fraction of sp³-hybridized carbons (Fsp3) is 0.188. The largest absolute Gasteiger partial charge is 0.504 e. The Morgan fingerprint density at radius 3 is 2.57 bits per heavy atom. The predicted molar refractivity (Wildman–Crippen MR) is 77.1 cm³/mol. The first kappa shape index (κ1) is 14.7. The van der Waals surface area contributed by atoms with Gasteiger partial charge < -0.3 is 19.3 Å². The lowest BCUT2D eigenvalue weighted by Crippen LogP contribution is -2.06. The molecule has 0 amide bonds. The van der Waals surface area contributed by atoms with Crippen molar-refractivity contribution in [2.24, 2.45) is 0 Å². The molecule has 2 aromatic carbocycles. The normalized spacial score (nSPS) is 10.0. The van der Waals surface area contributed by atoms with Crippen molar-refractivity contribution in [3.8, 4) is 28.7 Å². The third kappa shape index (κ3) is 3.66. The van der Waals surface area contributed by atoms with Crippen LogP contribution in [-0.4, -0.2) is 18.2 Å². The lowest BCUT2D eigenvalue weighted by atomic mass is 10.3. The van der Waals surface area contributed by atoms with Crippen LogP contribution >= 0.6 is 0 Å². The number of aromatic hydroxyl groups is 1. The van der Waals surface area contributed by atoms with Gasteiger partial charge in [-0.1, -0.05) is 19.1 Å². The van der Waals surface area contributed by atoms with Gasteiger partial charge in [0.15, 0.2) is 11.5 Å². The highest BCUT2D eigenvalue weighted by Crippen LogP contribution is 2.40. The molecule has 0 saturated heterocycles. The molecular formula is C16H16O5. The zero-order chi connectivity index (χ0) is 15.2. The Labute approximate surface area is 122 Å². The van der Waals surface area contributed by atoms with E-state index in [4.69, 9.17) is 14.2 Å². The molecule has 0 heterocycles. The van der Waals surface area contributed by atoms with Crippen LogP contribution in [0.1, 0.15) is 13.3 Å². The minimum absolute atomic E-state index is 0.0903. The monoisotopic (exact) mass is 288 g/mol. The van der Waals surface area contributed by atoms with E-state index in [0.717, 1.165) is 0 Å². The Hall–Kier alpha value is -2.69. The van der Waals surface area contributed by atoms with Crippen LogP contribution in [-0.2, 0) is 4.79 Å². The molecule has 0 aliphatic rings. The molecule has 0 radical (unpaired) electrons. The highest BCUT2D eigenvalue weighted by Gasteiger charge is 2.14. The van der Waals surface area contributed by atoms with Gasteiger partial charge in [-0.3, -0.25) is 4.79 Å². The molecule has 5 heteroatoms. The smallest absolute Gasteiger partial charge is 0.311 e. The number of hydrogen-bond acceptors (Lipinski definition) is 5. The van der Waals surface area contributed by atoms with E-state index in [2.05, 4.69) is 0 Å². The summed E-state index contributed by atoms with van der Waals surface area (Å²) in [5.41, 5.74) is 0. The molecular weight excluding hydrogens is 272 g/mol. The fourth-order valence-corrected chi connectivity index (χ4v) is 1.66. The summed E-state index contributed by atoms with van der Waals surface area (Å²) in [5, 5.41) is 9.92. The van der Waals surface area contributed by atoms with E-state index in [0.29, 0.717) is 11.5 Å². The molecule has 110 valence electrons. The number of phenols is 1. The van der Waals surface area contributed by atoms with Crippen LogP contribution in [0, 0.1) is 0 Å². The molecule has 0 atom stereocenters. The van der Waals surface area contributed by atoms with E-state index in [1.165, 1.54) is 6.07 Å². The highest BCUT2D eigenvalue weighted by molar-refractivity contribution is 5.73. The molecule has 0 aliphatic heterocycles. The molecule has 0 fully saturated rings. The maximum atomic E-state index is 11.4. The second-order valence-electron chi connectivity index (χ2n) is 4.21. The number of para-hydroxylation sites is 1. The van der Waals surface area contributed by atoms with Gasteiger partial charge in [0.2, 0.25) is 5.75 Å². The van der Waals surface area contributed by atoms with Gasteiger partial charge in [-0.25, -0.2) is 0 Å². The van der Waals surface area contributed by atoms with Crippen LogP contribution in [0.15, 0.2) is 42.5 Å². The molecule has 0 saturated carbocycles. The standard InChI is InChI=1S/C16H16O5/c1-3-15(18)21-14-9-5-8-13(17)16(14)20-12-7-4-6-11(10-12)19-2/h4-10,17H,3H2,1-2H3. The molecule has 0 bridgehead atoms. The summed E-state index contributed by atoms with van der Waals surface area (Å²) in [6.07, 6.45) is 0.230. The number of benzene rings is 2. The van der Waals surface area contributed by atoms with E-state index in [1.807, 2.05) is 0 Å². The average Bonchev–Trinajstić information content (AvgIpc) is 2.50. The molecule has 0 aliphatic carbocycles. The Morgan fingerprint density at radius 2 is 1.86 bits per heavy atom. The van der Waals surface area contributed by atoms with Crippen LogP contribution in [0.25, 0.3) is 0 Å². The van der Waals surface area contributed by atoms with E-state index >= 15 is 0 Å². The van der Waals surface area contributed by atoms with Gasteiger partial charge in [0.1, 0.15) is 11.5 Å².